The van der Waals surface area contributed by atoms with Crippen molar-refractivity contribution in [1.29, 1.82) is 0 Å². The van der Waals surface area contributed by atoms with E-state index >= 15 is 0 Å². The first-order valence-electron chi connectivity index (χ1n) is 6.50. The molecule has 0 spiro atoms. The normalized spacial score (nSPS) is 12.7. The molecule has 0 aliphatic heterocycles. The van der Waals surface area contributed by atoms with Crippen molar-refractivity contribution in [3.63, 3.8) is 0 Å². The highest BCUT2D eigenvalue weighted by molar-refractivity contribution is 5.16. The summed E-state index contributed by atoms with van der Waals surface area (Å²) in [4.78, 5) is 12.2. The Morgan fingerprint density at radius 2 is 2.05 bits per heavy atom. The summed E-state index contributed by atoms with van der Waals surface area (Å²) in [6, 6.07) is 1.62. The summed E-state index contributed by atoms with van der Waals surface area (Å²) in [6.45, 7) is 4.99. The lowest BCUT2D eigenvalue weighted by molar-refractivity contribution is 0.168. The van der Waals surface area contributed by atoms with Crippen molar-refractivity contribution in [2.75, 3.05) is 7.11 Å². The van der Waals surface area contributed by atoms with E-state index in [0.717, 1.165) is 12.4 Å². The minimum absolute atomic E-state index is 0.354. The number of hydrogen-bond donors (Lipinski definition) is 1. The molecule has 2 aromatic heterocycles. The van der Waals surface area contributed by atoms with Gasteiger partial charge >= 0.3 is 0 Å². The van der Waals surface area contributed by atoms with Gasteiger partial charge in [-0.2, -0.15) is 5.10 Å². The highest BCUT2D eigenvalue weighted by Gasteiger charge is 2.16. The van der Waals surface area contributed by atoms with Crippen molar-refractivity contribution >= 4 is 0 Å². The summed E-state index contributed by atoms with van der Waals surface area (Å²) in [7, 11) is 1.53. The lowest BCUT2D eigenvalue weighted by Crippen LogP contribution is -2.14. The molecular weight excluding hydrogens is 258 g/mol. The van der Waals surface area contributed by atoms with Crippen LogP contribution in [0.5, 0.6) is 5.88 Å². The largest absolute Gasteiger partial charge is 0.481 e. The smallest absolute Gasteiger partial charge is 0.216 e. The Bertz CT molecular complexity index is 555. The number of ether oxygens (including phenoxy) is 1. The van der Waals surface area contributed by atoms with Gasteiger partial charge in [-0.15, -0.1) is 0 Å². The fraction of sp³-hybridized carbons (Fsp3) is 0.538. The summed E-state index contributed by atoms with van der Waals surface area (Å²) in [5.74, 6) is 1.63. The molecule has 0 amide bonds. The number of hydrogen-bond acceptors (Lipinski definition) is 6. The maximum atomic E-state index is 10.2. The molecule has 0 aliphatic rings. The van der Waals surface area contributed by atoms with Gasteiger partial charge in [0.15, 0.2) is 0 Å². The zero-order valence-electron chi connectivity index (χ0n) is 11.9. The van der Waals surface area contributed by atoms with Crippen molar-refractivity contribution in [2.45, 2.75) is 32.9 Å². The van der Waals surface area contributed by atoms with E-state index in [2.05, 4.69) is 33.9 Å². The molecule has 20 heavy (non-hydrogen) atoms. The minimum Gasteiger partial charge on any atom is -0.481 e. The average Bonchev–Trinajstić information content (AvgIpc) is 2.85. The van der Waals surface area contributed by atoms with Gasteiger partial charge in [0.05, 0.1) is 12.8 Å². The fourth-order valence-electron chi connectivity index (χ4n) is 1.87. The molecule has 0 saturated heterocycles. The number of aromatic nitrogens is 5. The quantitative estimate of drug-likeness (QED) is 0.848. The maximum absolute atomic E-state index is 10.2. The summed E-state index contributed by atoms with van der Waals surface area (Å²) >= 11 is 0. The summed E-state index contributed by atoms with van der Waals surface area (Å²) in [6.07, 6.45) is 2.47. The predicted octanol–water partition coefficient (Wildman–Crippen LogP) is 1.01. The van der Waals surface area contributed by atoms with Gasteiger partial charge in [0, 0.05) is 19.0 Å². The van der Waals surface area contributed by atoms with Gasteiger partial charge in [0.2, 0.25) is 5.88 Å². The van der Waals surface area contributed by atoms with E-state index in [1.807, 2.05) is 4.68 Å². The van der Waals surface area contributed by atoms with Crippen molar-refractivity contribution < 1.29 is 9.84 Å². The van der Waals surface area contributed by atoms with Crippen LogP contribution in [0.15, 0.2) is 18.7 Å². The van der Waals surface area contributed by atoms with E-state index in [4.69, 9.17) is 4.74 Å². The molecule has 7 nitrogen and oxygen atoms in total. The van der Waals surface area contributed by atoms with Gasteiger partial charge in [-0.25, -0.2) is 19.6 Å². The van der Waals surface area contributed by atoms with E-state index in [-0.39, 0.29) is 0 Å². The molecular formula is C13H19N5O2. The first-order valence-corrected chi connectivity index (χ1v) is 6.50. The molecule has 1 N–H and O–H groups in total. The van der Waals surface area contributed by atoms with Gasteiger partial charge in [0.1, 0.15) is 24.6 Å². The third-order valence-corrected chi connectivity index (χ3v) is 2.82. The first kappa shape index (κ1) is 14.4. The molecule has 2 heterocycles. The van der Waals surface area contributed by atoms with Crippen LogP contribution in [-0.4, -0.2) is 36.9 Å². The molecule has 2 rings (SSSR count). The molecule has 2 aromatic rings. The molecule has 0 bridgehead atoms. The Morgan fingerprint density at radius 1 is 1.25 bits per heavy atom. The standard InChI is InChI=1S/C13H19N5O2/c1-9(2)6-18-12(15-8-17-18)5-11(19)10-4-13(20-3)16-7-14-10/h4,7-9,11,19H,5-6H2,1-3H3. The van der Waals surface area contributed by atoms with Crippen LogP contribution in [0.3, 0.4) is 0 Å². The molecule has 7 heteroatoms. The zero-order valence-corrected chi connectivity index (χ0v) is 11.9. The highest BCUT2D eigenvalue weighted by atomic mass is 16.5. The van der Waals surface area contributed by atoms with E-state index in [9.17, 15) is 5.11 Å². The van der Waals surface area contributed by atoms with Crippen molar-refractivity contribution in [1.82, 2.24) is 24.7 Å². The van der Waals surface area contributed by atoms with Crippen LogP contribution >= 0.6 is 0 Å². The summed E-state index contributed by atoms with van der Waals surface area (Å²) < 4.78 is 6.83. The van der Waals surface area contributed by atoms with Crippen LogP contribution < -0.4 is 4.74 Å². The van der Waals surface area contributed by atoms with Gasteiger partial charge in [-0.3, -0.25) is 0 Å². The predicted molar refractivity (Wildman–Crippen MR) is 72.1 cm³/mol. The van der Waals surface area contributed by atoms with Gasteiger partial charge in [-0.1, -0.05) is 13.8 Å². The molecule has 0 saturated carbocycles. The van der Waals surface area contributed by atoms with E-state index < -0.39 is 6.10 Å². The SMILES string of the molecule is COc1cc(C(O)Cc2ncnn2CC(C)C)ncn1. The second-order valence-electron chi connectivity index (χ2n) is 4.96. The Morgan fingerprint density at radius 3 is 2.75 bits per heavy atom. The van der Waals surface area contributed by atoms with Gasteiger partial charge in [-0.05, 0) is 5.92 Å². The third-order valence-electron chi connectivity index (χ3n) is 2.82. The maximum Gasteiger partial charge on any atom is 0.216 e. The number of aliphatic hydroxyl groups is 1. The number of rotatable bonds is 6. The average molecular weight is 277 g/mol. The molecule has 0 fully saturated rings. The molecule has 0 aromatic carbocycles. The minimum atomic E-state index is -0.762. The van der Waals surface area contributed by atoms with Crippen LogP contribution in [0.1, 0.15) is 31.5 Å². The van der Waals surface area contributed by atoms with Crippen LogP contribution in [0.25, 0.3) is 0 Å². The van der Waals surface area contributed by atoms with Gasteiger partial charge in [0.25, 0.3) is 0 Å². The number of methoxy groups -OCH3 is 1. The molecule has 0 aliphatic carbocycles. The molecule has 1 unspecified atom stereocenters. The van der Waals surface area contributed by atoms with Crippen molar-refractivity contribution in [3.05, 3.63) is 30.2 Å². The molecule has 1 atom stereocenters. The number of aliphatic hydroxyl groups excluding tert-OH is 1. The van der Waals surface area contributed by atoms with E-state index in [0.29, 0.717) is 23.9 Å². The lowest BCUT2D eigenvalue weighted by atomic mass is 10.1. The Kier molecular flexibility index (Phi) is 4.62. The molecule has 108 valence electrons. The highest BCUT2D eigenvalue weighted by Crippen LogP contribution is 2.18. The van der Waals surface area contributed by atoms with Crippen LogP contribution in [0, 0.1) is 5.92 Å². The summed E-state index contributed by atoms with van der Waals surface area (Å²) in [5, 5.41) is 14.4. The van der Waals surface area contributed by atoms with Crippen molar-refractivity contribution in [2.24, 2.45) is 5.92 Å². The molecule has 0 radical (unpaired) electrons. The van der Waals surface area contributed by atoms with Crippen LogP contribution in [0.4, 0.5) is 0 Å². The summed E-state index contributed by atoms with van der Waals surface area (Å²) in [5.41, 5.74) is 0.510. The van der Waals surface area contributed by atoms with Crippen molar-refractivity contribution in [3.8, 4) is 5.88 Å². The monoisotopic (exact) mass is 277 g/mol. The lowest BCUT2D eigenvalue weighted by Gasteiger charge is -2.12. The van der Waals surface area contributed by atoms with E-state index in [1.165, 1.54) is 19.8 Å². The Hall–Kier alpha value is -2.02. The number of nitrogens with zero attached hydrogens (tertiary/aromatic N) is 5. The second kappa shape index (κ2) is 6.42. The van der Waals surface area contributed by atoms with E-state index in [1.54, 1.807) is 6.07 Å². The fourth-order valence-corrected chi connectivity index (χ4v) is 1.87. The first-order chi connectivity index (χ1) is 9.60. The second-order valence-corrected chi connectivity index (χ2v) is 4.96. The van der Waals surface area contributed by atoms with Crippen LogP contribution in [-0.2, 0) is 13.0 Å². The topological polar surface area (TPSA) is 86.0 Å². The van der Waals surface area contributed by atoms with Gasteiger partial charge < -0.3 is 9.84 Å². The van der Waals surface area contributed by atoms with Crippen LogP contribution in [0.2, 0.25) is 0 Å². The Labute approximate surface area is 117 Å². The zero-order chi connectivity index (χ0) is 14.5. The Balaban J connectivity index is 2.11. The third kappa shape index (κ3) is 3.51.